The number of thiophene rings is 1. The minimum atomic E-state index is -3.84. The van der Waals surface area contributed by atoms with Crippen molar-refractivity contribution in [1.82, 2.24) is 0 Å². The first kappa shape index (κ1) is 11.3. The first-order valence-electron chi connectivity index (χ1n) is 4.01. The molecule has 84 valence electrons. The van der Waals surface area contributed by atoms with Crippen molar-refractivity contribution < 1.29 is 13.3 Å². The lowest BCUT2D eigenvalue weighted by Crippen LogP contribution is -1.87. The molecule has 0 N–H and O–H groups in total. The van der Waals surface area contributed by atoms with Crippen LogP contribution in [0.1, 0.15) is 0 Å². The number of nitrogens with zero attached hydrogens (tertiary/aromatic N) is 1. The van der Waals surface area contributed by atoms with E-state index in [0.29, 0.717) is 4.70 Å². The Bertz CT molecular complexity index is 676. The summed E-state index contributed by atoms with van der Waals surface area (Å²) in [6, 6.07) is 5.65. The Morgan fingerprint density at radius 1 is 1.38 bits per heavy atom. The van der Waals surface area contributed by atoms with Crippen molar-refractivity contribution in [1.29, 1.82) is 0 Å². The number of hydrogen-bond acceptors (Lipinski definition) is 5. The number of nitro groups is 1. The van der Waals surface area contributed by atoms with Gasteiger partial charge < -0.3 is 0 Å². The summed E-state index contributed by atoms with van der Waals surface area (Å²) in [7, 11) is 1.34. The number of hydrogen-bond donors (Lipinski definition) is 0. The van der Waals surface area contributed by atoms with Crippen LogP contribution in [-0.2, 0) is 9.05 Å². The van der Waals surface area contributed by atoms with Crippen molar-refractivity contribution in [2.24, 2.45) is 0 Å². The topological polar surface area (TPSA) is 77.3 Å². The number of rotatable bonds is 2. The fourth-order valence-corrected chi connectivity index (χ4v) is 3.46. The summed E-state index contributed by atoms with van der Waals surface area (Å²) < 4.78 is 22.6. The maximum Gasteiger partial charge on any atom is 0.278 e. The quantitative estimate of drug-likeness (QED) is 0.480. The molecule has 16 heavy (non-hydrogen) atoms. The minimum absolute atomic E-state index is 0.0848. The number of non-ortho nitro benzene ring substituents is 1. The maximum atomic E-state index is 11.1. The van der Waals surface area contributed by atoms with Gasteiger partial charge in [-0.15, -0.1) is 11.3 Å². The molecule has 5 nitrogen and oxygen atoms in total. The number of nitro benzene ring substituents is 1. The Morgan fingerprint density at radius 2 is 2.06 bits per heavy atom. The van der Waals surface area contributed by atoms with Crippen LogP contribution in [0.5, 0.6) is 0 Å². The van der Waals surface area contributed by atoms with Crippen LogP contribution in [0, 0.1) is 10.1 Å². The summed E-state index contributed by atoms with van der Waals surface area (Å²) in [5.41, 5.74) is -0.125. The summed E-state index contributed by atoms with van der Waals surface area (Å²) in [6.07, 6.45) is 0. The fourth-order valence-electron chi connectivity index (χ4n) is 1.30. The molecule has 1 aromatic heterocycles. The van der Waals surface area contributed by atoms with Crippen molar-refractivity contribution in [3.05, 3.63) is 34.4 Å². The van der Waals surface area contributed by atoms with Gasteiger partial charge in [0.15, 0.2) is 0 Å². The highest BCUT2D eigenvalue weighted by Gasteiger charge is 2.19. The lowest BCUT2D eigenvalue weighted by atomic mass is 10.2. The van der Waals surface area contributed by atoms with Crippen LogP contribution in [0.2, 0.25) is 0 Å². The van der Waals surface area contributed by atoms with Crippen LogP contribution < -0.4 is 0 Å². The molecule has 0 atom stereocenters. The number of fused-ring (bicyclic) bond motifs is 1. The fraction of sp³-hybridized carbons (Fsp3) is 0. The Hall–Kier alpha value is -1.18. The third-order valence-electron chi connectivity index (χ3n) is 1.95. The van der Waals surface area contributed by atoms with Gasteiger partial charge in [-0.1, -0.05) is 6.07 Å². The average Bonchev–Trinajstić information content (AvgIpc) is 2.59. The molecule has 0 aliphatic heterocycles. The van der Waals surface area contributed by atoms with Gasteiger partial charge in [0, 0.05) is 21.4 Å². The Morgan fingerprint density at radius 3 is 2.62 bits per heavy atom. The minimum Gasteiger partial charge on any atom is -0.258 e. The van der Waals surface area contributed by atoms with Gasteiger partial charge in [-0.25, -0.2) is 8.42 Å². The van der Waals surface area contributed by atoms with Gasteiger partial charge in [0.2, 0.25) is 0 Å². The Balaban J connectivity index is 2.81. The van der Waals surface area contributed by atoms with Crippen molar-refractivity contribution in [3.63, 3.8) is 0 Å². The van der Waals surface area contributed by atoms with E-state index in [1.54, 1.807) is 6.07 Å². The van der Waals surface area contributed by atoms with Crippen molar-refractivity contribution >= 4 is 46.8 Å². The van der Waals surface area contributed by atoms with Crippen molar-refractivity contribution in [2.75, 3.05) is 0 Å². The van der Waals surface area contributed by atoms with E-state index in [2.05, 4.69) is 0 Å². The van der Waals surface area contributed by atoms with E-state index < -0.39 is 14.0 Å². The maximum absolute atomic E-state index is 11.1. The summed E-state index contributed by atoms with van der Waals surface area (Å²) >= 11 is 0.911. The van der Waals surface area contributed by atoms with Gasteiger partial charge in [0.05, 0.1) is 10.3 Å². The molecular weight excluding hydrogens is 274 g/mol. The first-order valence-corrected chi connectivity index (χ1v) is 7.14. The SMILES string of the molecule is O=[N+]([O-])c1cccc2sc(S(=O)(=O)Cl)cc12. The van der Waals surface area contributed by atoms with E-state index >= 15 is 0 Å². The van der Waals surface area contributed by atoms with E-state index in [1.807, 2.05) is 0 Å². The zero-order chi connectivity index (χ0) is 11.9. The summed E-state index contributed by atoms with van der Waals surface area (Å²) in [6.45, 7) is 0. The largest absolute Gasteiger partial charge is 0.278 e. The van der Waals surface area contributed by atoms with E-state index in [-0.39, 0.29) is 15.3 Å². The molecule has 0 saturated heterocycles. The lowest BCUT2D eigenvalue weighted by molar-refractivity contribution is -0.383. The van der Waals surface area contributed by atoms with Crippen LogP contribution in [-0.4, -0.2) is 13.3 Å². The number of benzene rings is 1. The third kappa shape index (κ3) is 1.89. The lowest BCUT2D eigenvalue weighted by Gasteiger charge is -1.91. The molecule has 0 saturated carbocycles. The van der Waals surface area contributed by atoms with E-state index in [4.69, 9.17) is 10.7 Å². The molecule has 8 heteroatoms. The molecule has 0 bridgehead atoms. The molecule has 0 amide bonds. The Kier molecular flexibility index (Phi) is 2.61. The zero-order valence-corrected chi connectivity index (χ0v) is 9.97. The third-order valence-corrected chi connectivity index (χ3v) is 5.13. The second-order valence-corrected chi connectivity index (χ2v) is 6.83. The average molecular weight is 278 g/mol. The van der Waals surface area contributed by atoms with E-state index in [0.717, 1.165) is 11.3 Å². The highest BCUT2D eigenvalue weighted by molar-refractivity contribution is 8.15. The second-order valence-electron chi connectivity index (χ2n) is 2.95. The van der Waals surface area contributed by atoms with Gasteiger partial charge in [-0.3, -0.25) is 10.1 Å². The molecule has 2 rings (SSSR count). The predicted octanol–water partition coefficient (Wildman–Crippen LogP) is 2.74. The summed E-state index contributed by atoms with van der Waals surface area (Å²) in [4.78, 5) is 10.1. The standard InChI is InChI=1S/C8H4ClNO4S2/c9-16(13,14)8-4-5-6(10(11)12)2-1-3-7(5)15-8/h1-4H. The van der Waals surface area contributed by atoms with Gasteiger partial charge in [-0.05, 0) is 12.1 Å². The van der Waals surface area contributed by atoms with E-state index in [1.165, 1.54) is 18.2 Å². The van der Waals surface area contributed by atoms with Crippen molar-refractivity contribution in [2.45, 2.75) is 4.21 Å². The molecule has 0 fully saturated rings. The highest BCUT2D eigenvalue weighted by Crippen LogP contribution is 2.35. The summed E-state index contributed by atoms with van der Waals surface area (Å²) in [5, 5.41) is 11.0. The van der Waals surface area contributed by atoms with Crippen LogP contribution in [0.4, 0.5) is 5.69 Å². The molecule has 0 radical (unpaired) electrons. The molecule has 0 spiro atoms. The molecule has 1 aromatic carbocycles. The van der Waals surface area contributed by atoms with Crippen LogP contribution >= 0.6 is 22.0 Å². The van der Waals surface area contributed by atoms with Crippen LogP contribution in [0.15, 0.2) is 28.5 Å². The van der Waals surface area contributed by atoms with Crippen LogP contribution in [0.25, 0.3) is 10.1 Å². The zero-order valence-electron chi connectivity index (χ0n) is 7.58. The van der Waals surface area contributed by atoms with Gasteiger partial charge in [0.1, 0.15) is 4.21 Å². The molecule has 0 aliphatic rings. The van der Waals surface area contributed by atoms with Gasteiger partial charge >= 0.3 is 0 Å². The Labute approximate surface area is 98.8 Å². The predicted molar refractivity (Wildman–Crippen MR) is 61.5 cm³/mol. The molecule has 1 heterocycles. The van der Waals surface area contributed by atoms with Gasteiger partial charge in [0.25, 0.3) is 14.7 Å². The highest BCUT2D eigenvalue weighted by atomic mass is 35.7. The van der Waals surface area contributed by atoms with E-state index in [9.17, 15) is 18.5 Å². The normalized spacial score (nSPS) is 11.8. The van der Waals surface area contributed by atoms with Crippen molar-refractivity contribution in [3.8, 4) is 0 Å². The number of halogens is 1. The molecule has 2 aromatic rings. The first-order chi connectivity index (χ1) is 7.39. The van der Waals surface area contributed by atoms with Gasteiger partial charge in [-0.2, -0.15) is 0 Å². The monoisotopic (exact) mass is 277 g/mol. The smallest absolute Gasteiger partial charge is 0.258 e. The molecular formula is C8H4ClNO4S2. The summed E-state index contributed by atoms with van der Waals surface area (Å²) in [5.74, 6) is 0. The van der Waals surface area contributed by atoms with Crippen LogP contribution in [0.3, 0.4) is 0 Å². The molecule has 0 aliphatic carbocycles. The molecule has 0 unspecified atom stereocenters. The second kappa shape index (κ2) is 3.69.